The summed E-state index contributed by atoms with van der Waals surface area (Å²) in [5.74, 6) is 0.765. The third-order valence-corrected chi connectivity index (χ3v) is 3.86. The molecule has 0 saturated heterocycles. The molecule has 2 N–H and O–H groups in total. The average Bonchev–Trinajstić information content (AvgIpc) is 2.85. The first-order chi connectivity index (χ1) is 6.42. The molecule has 0 aliphatic heterocycles. The van der Waals surface area contributed by atoms with Crippen LogP contribution in [0.5, 0.6) is 0 Å². The van der Waals surface area contributed by atoms with Crippen molar-refractivity contribution in [1.29, 1.82) is 0 Å². The van der Waals surface area contributed by atoms with E-state index in [1.807, 2.05) is 13.8 Å². The second-order valence-electron chi connectivity index (χ2n) is 5.47. The quantitative estimate of drug-likeness (QED) is 0.687. The Morgan fingerprint density at radius 3 is 2.36 bits per heavy atom. The lowest BCUT2D eigenvalue weighted by Gasteiger charge is -2.25. The van der Waals surface area contributed by atoms with Crippen LogP contribution in [0, 0.1) is 11.3 Å². The molecule has 0 aromatic heterocycles. The highest BCUT2D eigenvalue weighted by Gasteiger charge is 2.44. The van der Waals surface area contributed by atoms with Crippen molar-refractivity contribution in [2.24, 2.45) is 11.3 Å². The molecule has 1 unspecified atom stereocenters. The molecule has 1 rings (SSSR count). The van der Waals surface area contributed by atoms with Crippen molar-refractivity contribution in [2.75, 3.05) is 13.1 Å². The number of nitrogens with one attached hydrogen (secondary N) is 1. The fourth-order valence-electron chi connectivity index (χ4n) is 1.82. The lowest BCUT2D eigenvalue weighted by molar-refractivity contribution is 0.0538. The molecule has 1 aliphatic carbocycles. The van der Waals surface area contributed by atoms with Crippen LogP contribution < -0.4 is 5.32 Å². The van der Waals surface area contributed by atoms with Crippen LogP contribution in [0.15, 0.2) is 0 Å². The molecule has 0 amide bonds. The van der Waals surface area contributed by atoms with E-state index in [9.17, 15) is 5.11 Å². The molecule has 0 aromatic rings. The van der Waals surface area contributed by atoms with Crippen molar-refractivity contribution in [1.82, 2.24) is 5.32 Å². The molecular formula is C12H25NO. The summed E-state index contributed by atoms with van der Waals surface area (Å²) in [6, 6.07) is 0. The van der Waals surface area contributed by atoms with E-state index in [4.69, 9.17) is 0 Å². The van der Waals surface area contributed by atoms with Crippen LogP contribution in [0.2, 0.25) is 0 Å². The number of rotatable bonds is 6. The lowest BCUT2D eigenvalue weighted by Crippen LogP contribution is -2.40. The van der Waals surface area contributed by atoms with Crippen LogP contribution in [0.25, 0.3) is 0 Å². The van der Waals surface area contributed by atoms with Gasteiger partial charge in [-0.25, -0.2) is 0 Å². The molecule has 0 heterocycles. The van der Waals surface area contributed by atoms with E-state index in [1.54, 1.807) is 0 Å². The van der Waals surface area contributed by atoms with Crippen LogP contribution >= 0.6 is 0 Å². The first kappa shape index (κ1) is 12.0. The highest BCUT2D eigenvalue weighted by molar-refractivity contribution is 4.97. The van der Waals surface area contributed by atoms with Crippen molar-refractivity contribution in [3.8, 4) is 0 Å². The minimum Gasteiger partial charge on any atom is -0.389 e. The predicted octanol–water partition coefficient (Wildman–Crippen LogP) is 2.17. The smallest absolute Gasteiger partial charge is 0.0740 e. The zero-order valence-electron chi connectivity index (χ0n) is 10.1. The van der Waals surface area contributed by atoms with E-state index in [0.717, 1.165) is 25.4 Å². The van der Waals surface area contributed by atoms with E-state index in [1.165, 1.54) is 12.8 Å². The standard InChI is InChI=1S/C12H25NO/c1-5-11(4,14)8-13-9-12(6-7-12)10(2)3/h10,13-14H,5-9H2,1-4H3. The topological polar surface area (TPSA) is 32.3 Å². The largest absolute Gasteiger partial charge is 0.389 e. The Morgan fingerprint density at radius 2 is 2.00 bits per heavy atom. The molecule has 0 bridgehead atoms. The van der Waals surface area contributed by atoms with Gasteiger partial charge >= 0.3 is 0 Å². The number of hydrogen-bond donors (Lipinski definition) is 2. The first-order valence-corrected chi connectivity index (χ1v) is 5.85. The van der Waals surface area contributed by atoms with Gasteiger partial charge in [-0.15, -0.1) is 0 Å². The van der Waals surface area contributed by atoms with E-state index < -0.39 is 5.60 Å². The second kappa shape index (κ2) is 4.19. The summed E-state index contributed by atoms with van der Waals surface area (Å²) in [6.07, 6.45) is 3.52. The molecular weight excluding hydrogens is 174 g/mol. The summed E-state index contributed by atoms with van der Waals surface area (Å²) in [5, 5.41) is 13.2. The Bertz CT molecular complexity index is 183. The summed E-state index contributed by atoms with van der Waals surface area (Å²) in [7, 11) is 0. The maximum atomic E-state index is 9.82. The molecule has 2 heteroatoms. The molecule has 2 nitrogen and oxygen atoms in total. The van der Waals surface area contributed by atoms with Gasteiger partial charge in [0.15, 0.2) is 0 Å². The van der Waals surface area contributed by atoms with Crippen LogP contribution in [-0.4, -0.2) is 23.8 Å². The van der Waals surface area contributed by atoms with Crippen LogP contribution in [0.4, 0.5) is 0 Å². The van der Waals surface area contributed by atoms with E-state index in [2.05, 4.69) is 19.2 Å². The fraction of sp³-hybridized carbons (Fsp3) is 1.00. The Morgan fingerprint density at radius 1 is 1.43 bits per heavy atom. The Balaban J connectivity index is 2.22. The Hall–Kier alpha value is -0.0800. The van der Waals surface area contributed by atoms with Gasteiger partial charge in [0, 0.05) is 13.1 Å². The number of hydrogen-bond acceptors (Lipinski definition) is 2. The van der Waals surface area contributed by atoms with Crippen molar-refractivity contribution in [3.63, 3.8) is 0 Å². The molecule has 1 saturated carbocycles. The summed E-state index contributed by atoms with van der Waals surface area (Å²) in [6.45, 7) is 10.3. The lowest BCUT2D eigenvalue weighted by atomic mass is 9.92. The normalized spacial score (nSPS) is 23.6. The Kier molecular flexibility index (Phi) is 3.59. The molecule has 1 atom stereocenters. The minimum absolute atomic E-state index is 0.535. The summed E-state index contributed by atoms with van der Waals surface area (Å²) in [4.78, 5) is 0. The third-order valence-electron chi connectivity index (χ3n) is 3.86. The van der Waals surface area contributed by atoms with E-state index in [-0.39, 0.29) is 0 Å². The predicted molar refractivity (Wildman–Crippen MR) is 60.3 cm³/mol. The second-order valence-corrected chi connectivity index (χ2v) is 5.47. The van der Waals surface area contributed by atoms with Gasteiger partial charge in [-0.3, -0.25) is 0 Å². The van der Waals surface area contributed by atoms with Crippen LogP contribution in [0.3, 0.4) is 0 Å². The van der Waals surface area contributed by atoms with Gasteiger partial charge in [-0.2, -0.15) is 0 Å². The zero-order valence-corrected chi connectivity index (χ0v) is 10.1. The molecule has 84 valence electrons. The van der Waals surface area contributed by atoms with Gasteiger partial charge in [0.2, 0.25) is 0 Å². The van der Waals surface area contributed by atoms with Gasteiger partial charge in [0.25, 0.3) is 0 Å². The maximum Gasteiger partial charge on any atom is 0.0740 e. The Labute approximate surface area is 88.1 Å². The summed E-state index contributed by atoms with van der Waals surface area (Å²) < 4.78 is 0. The van der Waals surface area contributed by atoms with Crippen molar-refractivity contribution < 1.29 is 5.11 Å². The maximum absolute atomic E-state index is 9.82. The SMILES string of the molecule is CCC(C)(O)CNCC1(C(C)C)CC1. The van der Waals surface area contributed by atoms with Crippen LogP contribution in [-0.2, 0) is 0 Å². The highest BCUT2D eigenvalue weighted by Crippen LogP contribution is 2.51. The van der Waals surface area contributed by atoms with Gasteiger partial charge < -0.3 is 10.4 Å². The molecule has 0 aromatic carbocycles. The minimum atomic E-state index is -0.535. The van der Waals surface area contributed by atoms with E-state index >= 15 is 0 Å². The van der Waals surface area contributed by atoms with Gasteiger partial charge in [0.05, 0.1) is 5.60 Å². The molecule has 1 aliphatic rings. The zero-order chi connectivity index (χ0) is 10.8. The van der Waals surface area contributed by atoms with E-state index in [0.29, 0.717) is 5.41 Å². The first-order valence-electron chi connectivity index (χ1n) is 5.85. The van der Waals surface area contributed by atoms with Gasteiger partial charge in [-0.05, 0) is 37.5 Å². The third kappa shape index (κ3) is 2.96. The van der Waals surface area contributed by atoms with Crippen molar-refractivity contribution in [2.45, 2.75) is 52.6 Å². The van der Waals surface area contributed by atoms with Gasteiger partial charge in [-0.1, -0.05) is 20.8 Å². The summed E-state index contributed by atoms with van der Waals surface area (Å²) >= 11 is 0. The van der Waals surface area contributed by atoms with Crippen molar-refractivity contribution >= 4 is 0 Å². The molecule has 1 fully saturated rings. The summed E-state index contributed by atoms with van der Waals surface area (Å²) in [5.41, 5.74) is 0.0108. The molecule has 0 radical (unpaired) electrons. The highest BCUT2D eigenvalue weighted by atomic mass is 16.3. The molecule has 0 spiro atoms. The number of aliphatic hydroxyl groups is 1. The fourth-order valence-corrected chi connectivity index (χ4v) is 1.82. The van der Waals surface area contributed by atoms with Crippen molar-refractivity contribution in [3.05, 3.63) is 0 Å². The van der Waals surface area contributed by atoms with Crippen LogP contribution in [0.1, 0.15) is 47.0 Å². The molecule has 14 heavy (non-hydrogen) atoms. The average molecular weight is 199 g/mol. The monoisotopic (exact) mass is 199 g/mol. The van der Waals surface area contributed by atoms with Gasteiger partial charge in [0.1, 0.15) is 0 Å².